The highest BCUT2D eigenvalue weighted by Crippen LogP contribution is 2.11. The number of hydrogen-bond acceptors (Lipinski definition) is 4. The molecule has 1 rings (SSSR count). The molecular formula is C19H36IN5O. The van der Waals surface area contributed by atoms with E-state index in [4.69, 9.17) is 0 Å². The van der Waals surface area contributed by atoms with Crippen molar-refractivity contribution in [3.8, 4) is 0 Å². The summed E-state index contributed by atoms with van der Waals surface area (Å²) in [6, 6.07) is 4.73. The molecule has 1 aromatic heterocycles. The average Bonchev–Trinajstić information content (AvgIpc) is 2.59. The van der Waals surface area contributed by atoms with E-state index < -0.39 is 6.10 Å². The Morgan fingerprint density at radius 1 is 1.15 bits per heavy atom. The van der Waals surface area contributed by atoms with Crippen molar-refractivity contribution in [1.82, 2.24) is 20.5 Å². The molecule has 0 saturated carbocycles. The Balaban J connectivity index is 0.00000625. The standard InChI is InChI=1S/C19H35N5O.HI/c1-6-21-19(22-10-7-13-24(15(2)3)16(4)5)23-14-18(25)17-8-11-20-12-9-17;/h8-9,11-12,15-16,18,25H,6-7,10,13-14H2,1-5H3,(H2,21,22,23);1H. The molecule has 0 amide bonds. The second-order valence-electron chi connectivity index (χ2n) is 6.72. The molecule has 1 aromatic rings. The van der Waals surface area contributed by atoms with Crippen LogP contribution in [0.25, 0.3) is 0 Å². The minimum atomic E-state index is -0.615. The summed E-state index contributed by atoms with van der Waals surface area (Å²) in [5.74, 6) is 0.747. The van der Waals surface area contributed by atoms with Crippen molar-refractivity contribution < 1.29 is 5.11 Å². The Kier molecular flexibility index (Phi) is 13.7. The molecule has 0 saturated heterocycles. The van der Waals surface area contributed by atoms with E-state index in [2.05, 4.69) is 53.2 Å². The van der Waals surface area contributed by atoms with Crippen molar-refractivity contribution in [3.63, 3.8) is 0 Å². The van der Waals surface area contributed by atoms with Gasteiger partial charge in [-0.25, -0.2) is 0 Å². The van der Waals surface area contributed by atoms with Gasteiger partial charge >= 0.3 is 0 Å². The number of rotatable bonds is 10. The minimum Gasteiger partial charge on any atom is -0.386 e. The van der Waals surface area contributed by atoms with E-state index in [-0.39, 0.29) is 24.0 Å². The second-order valence-corrected chi connectivity index (χ2v) is 6.72. The van der Waals surface area contributed by atoms with Crippen LogP contribution in [-0.2, 0) is 0 Å². The molecule has 1 heterocycles. The van der Waals surface area contributed by atoms with Crippen molar-refractivity contribution in [3.05, 3.63) is 30.1 Å². The molecule has 1 atom stereocenters. The van der Waals surface area contributed by atoms with Gasteiger partial charge in [0.25, 0.3) is 0 Å². The maximum Gasteiger partial charge on any atom is 0.191 e. The molecule has 0 aromatic carbocycles. The number of aliphatic hydroxyl groups is 1. The number of nitrogens with one attached hydrogen (secondary N) is 2. The number of aliphatic hydroxyl groups excluding tert-OH is 1. The van der Waals surface area contributed by atoms with E-state index in [9.17, 15) is 5.11 Å². The van der Waals surface area contributed by atoms with Crippen molar-refractivity contribution in [2.45, 2.75) is 59.2 Å². The van der Waals surface area contributed by atoms with Crippen LogP contribution in [0.5, 0.6) is 0 Å². The van der Waals surface area contributed by atoms with E-state index in [1.165, 1.54) is 0 Å². The molecule has 0 aliphatic carbocycles. The lowest BCUT2D eigenvalue weighted by Crippen LogP contribution is -2.41. The van der Waals surface area contributed by atoms with Crippen LogP contribution in [0.15, 0.2) is 29.5 Å². The molecule has 0 aliphatic heterocycles. The van der Waals surface area contributed by atoms with Crippen LogP contribution in [0.4, 0.5) is 0 Å². The molecule has 26 heavy (non-hydrogen) atoms. The molecule has 7 heteroatoms. The van der Waals surface area contributed by atoms with Gasteiger partial charge in [-0.3, -0.25) is 14.9 Å². The zero-order valence-electron chi connectivity index (χ0n) is 16.8. The predicted molar refractivity (Wildman–Crippen MR) is 120 cm³/mol. The van der Waals surface area contributed by atoms with Gasteiger partial charge in [0.1, 0.15) is 0 Å². The largest absolute Gasteiger partial charge is 0.386 e. The quantitative estimate of drug-likeness (QED) is 0.209. The number of pyridine rings is 1. The maximum atomic E-state index is 10.2. The van der Waals surface area contributed by atoms with E-state index in [0.717, 1.165) is 37.6 Å². The summed E-state index contributed by atoms with van der Waals surface area (Å²) >= 11 is 0. The van der Waals surface area contributed by atoms with Crippen molar-refractivity contribution in [2.75, 3.05) is 26.2 Å². The van der Waals surface area contributed by atoms with Crippen LogP contribution < -0.4 is 10.6 Å². The first-order valence-electron chi connectivity index (χ1n) is 9.31. The van der Waals surface area contributed by atoms with Crippen LogP contribution in [0.3, 0.4) is 0 Å². The molecule has 0 spiro atoms. The first kappa shape index (κ1) is 25.1. The van der Waals surface area contributed by atoms with Crippen molar-refractivity contribution >= 4 is 29.9 Å². The third-order valence-electron chi connectivity index (χ3n) is 4.07. The highest BCUT2D eigenvalue weighted by Gasteiger charge is 2.12. The van der Waals surface area contributed by atoms with Gasteiger partial charge in [0, 0.05) is 44.1 Å². The summed E-state index contributed by atoms with van der Waals surface area (Å²) in [5.41, 5.74) is 0.833. The molecule has 1 unspecified atom stereocenters. The summed E-state index contributed by atoms with van der Waals surface area (Å²) in [7, 11) is 0. The predicted octanol–water partition coefficient (Wildman–Crippen LogP) is 2.80. The van der Waals surface area contributed by atoms with E-state index in [0.29, 0.717) is 18.6 Å². The number of aliphatic imine (C=N–C) groups is 1. The van der Waals surface area contributed by atoms with Gasteiger partial charge in [-0.15, -0.1) is 24.0 Å². The number of aromatic nitrogens is 1. The Labute approximate surface area is 175 Å². The van der Waals surface area contributed by atoms with Crippen LogP contribution in [0.1, 0.15) is 52.7 Å². The van der Waals surface area contributed by atoms with Gasteiger partial charge in [-0.2, -0.15) is 0 Å². The summed E-state index contributed by atoms with van der Waals surface area (Å²) < 4.78 is 0. The molecule has 3 N–H and O–H groups in total. The van der Waals surface area contributed by atoms with Crippen molar-refractivity contribution in [1.29, 1.82) is 0 Å². The zero-order chi connectivity index (χ0) is 18.7. The van der Waals surface area contributed by atoms with Gasteiger partial charge in [0.2, 0.25) is 0 Å². The normalized spacial score (nSPS) is 13.0. The first-order valence-corrected chi connectivity index (χ1v) is 9.31. The Morgan fingerprint density at radius 3 is 2.31 bits per heavy atom. The fraction of sp³-hybridized carbons (Fsp3) is 0.684. The Morgan fingerprint density at radius 2 is 1.77 bits per heavy atom. The monoisotopic (exact) mass is 477 g/mol. The zero-order valence-corrected chi connectivity index (χ0v) is 19.1. The Hall–Kier alpha value is -0.930. The van der Waals surface area contributed by atoms with E-state index >= 15 is 0 Å². The molecule has 0 aliphatic rings. The lowest BCUT2D eigenvalue weighted by Gasteiger charge is -2.30. The SMILES string of the molecule is CCNC(=NCC(O)c1ccncc1)NCCCN(C(C)C)C(C)C.I. The molecular weight excluding hydrogens is 441 g/mol. The van der Waals surface area contributed by atoms with Crippen LogP contribution >= 0.6 is 24.0 Å². The fourth-order valence-electron chi connectivity index (χ4n) is 2.79. The summed E-state index contributed by atoms with van der Waals surface area (Å²) in [6.07, 6.45) is 3.80. The molecule has 0 bridgehead atoms. The van der Waals surface area contributed by atoms with Gasteiger partial charge in [0.05, 0.1) is 12.6 Å². The molecule has 150 valence electrons. The van der Waals surface area contributed by atoms with Crippen molar-refractivity contribution in [2.24, 2.45) is 4.99 Å². The third kappa shape index (κ3) is 9.68. The maximum absolute atomic E-state index is 10.2. The molecule has 0 radical (unpaired) electrons. The van der Waals surface area contributed by atoms with Gasteiger partial charge in [-0.05, 0) is 58.7 Å². The Bertz CT molecular complexity index is 488. The number of nitrogens with zero attached hydrogens (tertiary/aromatic N) is 3. The lowest BCUT2D eigenvalue weighted by atomic mass is 10.1. The summed E-state index contributed by atoms with van der Waals surface area (Å²) in [5, 5.41) is 16.8. The average molecular weight is 477 g/mol. The van der Waals surface area contributed by atoms with Crippen LogP contribution in [-0.4, -0.2) is 59.2 Å². The molecule has 0 fully saturated rings. The second kappa shape index (κ2) is 14.2. The fourth-order valence-corrected chi connectivity index (χ4v) is 2.79. The minimum absolute atomic E-state index is 0. The van der Waals surface area contributed by atoms with Gasteiger partial charge in [-0.1, -0.05) is 0 Å². The topological polar surface area (TPSA) is 72.8 Å². The summed E-state index contributed by atoms with van der Waals surface area (Å²) in [6.45, 7) is 14.0. The lowest BCUT2D eigenvalue weighted by molar-refractivity contribution is 0.173. The number of hydrogen-bond donors (Lipinski definition) is 3. The smallest absolute Gasteiger partial charge is 0.191 e. The van der Waals surface area contributed by atoms with Crippen LogP contribution in [0.2, 0.25) is 0 Å². The highest BCUT2D eigenvalue weighted by molar-refractivity contribution is 14.0. The third-order valence-corrected chi connectivity index (χ3v) is 4.07. The van der Waals surface area contributed by atoms with Gasteiger partial charge in [0.15, 0.2) is 5.96 Å². The van der Waals surface area contributed by atoms with E-state index in [1.807, 2.05) is 19.1 Å². The highest BCUT2D eigenvalue weighted by atomic mass is 127. The van der Waals surface area contributed by atoms with Crippen LogP contribution in [0, 0.1) is 0 Å². The first-order chi connectivity index (χ1) is 12.0. The molecule has 6 nitrogen and oxygen atoms in total. The van der Waals surface area contributed by atoms with Gasteiger partial charge < -0.3 is 15.7 Å². The van der Waals surface area contributed by atoms with E-state index in [1.54, 1.807) is 12.4 Å². The number of halogens is 1. The number of guanidine groups is 1. The summed E-state index contributed by atoms with van der Waals surface area (Å²) in [4.78, 5) is 10.9.